The van der Waals surface area contributed by atoms with E-state index in [0.29, 0.717) is 31.2 Å². The first-order valence-corrected chi connectivity index (χ1v) is 7.26. The van der Waals surface area contributed by atoms with E-state index in [9.17, 15) is 13.2 Å². The van der Waals surface area contributed by atoms with Gasteiger partial charge in [0.2, 0.25) is 0 Å². The molecule has 3 aromatic rings. The molecule has 4 rings (SSSR count). The molecule has 1 saturated heterocycles. The fourth-order valence-electron chi connectivity index (χ4n) is 2.90. The lowest BCUT2D eigenvalue weighted by molar-refractivity contribution is -0.141. The van der Waals surface area contributed by atoms with Gasteiger partial charge in [0.05, 0.1) is 0 Å². The molecule has 1 atom stereocenters. The summed E-state index contributed by atoms with van der Waals surface area (Å²) < 4.78 is 40.5. The normalized spacial score (nSPS) is 18.6. The van der Waals surface area contributed by atoms with E-state index in [1.165, 1.54) is 10.8 Å². The molecule has 0 aliphatic carbocycles. The Bertz CT molecular complexity index is 841. The second kappa shape index (κ2) is 5.39. The first-order chi connectivity index (χ1) is 11.5. The van der Waals surface area contributed by atoms with Gasteiger partial charge in [0.15, 0.2) is 11.5 Å². The molecule has 0 spiro atoms. The molecule has 4 heterocycles. The fourth-order valence-corrected chi connectivity index (χ4v) is 2.90. The molecule has 0 aromatic carbocycles. The lowest BCUT2D eigenvalue weighted by Gasteiger charge is -2.20. The average molecular weight is 339 g/mol. The molecule has 1 fully saturated rings. The van der Waals surface area contributed by atoms with Gasteiger partial charge in [-0.1, -0.05) is 5.21 Å². The van der Waals surface area contributed by atoms with Crippen LogP contribution in [0.4, 0.5) is 19.0 Å². The van der Waals surface area contributed by atoms with Crippen LogP contribution in [0, 0.1) is 5.92 Å². The molecule has 12 heteroatoms. The molecule has 126 valence electrons. The third kappa shape index (κ3) is 2.63. The molecule has 1 unspecified atom stereocenters. The van der Waals surface area contributed by atoms with Crippen LogP contribution in [-0.4, -0.2) is 53.3 Å². The van der Waals surface area contributed by atoms with Gasteiger partial charge in [-0.2, -0.15) is 33.0 Å². The number of fused-ring (bicyclic) bond motifs is 1. The number of hydrogen-bond acceptors (Lipinski definition) is 7. The quantitative estimate of drug-likeness (QED) is 0.750. The van der Waals surface area contributed by atoms with E-state index < -0.39 is 11.9 Å². The number of alkyl halides is 3. The maximum Gasteiger partial charge on any atom is 0.433 e. The van der Waals surface area contributed by atoms with Crippen LogP contribution in [0.1, 0.15) is 17.9 Å². The van der Waals surface area contributed by atoms with Crippen molar-refractivity contribution >= 4 is 11.6 Å². The van der Waals surface area contributed by atoms with Gasteiger partial charge in [0.1, 0.15) is 12.1 Å². The predicted octanol–water partition coefficient (Wildman–Crippen LogP) is 0.725. The topological polar surface area (TPSA) is 101 Å². The summed E-state index contributed by atoms with van der Waals surface area (Å²) in [5, 5.41) is 17.7. The van der Waals surface area contributed by atoms with Crippen molar-refractivity contribution < 1.29 is 13.2 Å². The van der Waals surface area contributed by atoms with Crippen molar-refractivity contribution in [1.82, 2.24) is 40.2 Å². The minimum atomic E-state index is -4.54. The summed E-state index contributed by atoms with van der Waals surface area (Å²) in [4.78, 5) is 9.16. The van der Waals surface area contributed by atoms with Crippen molar-refractivity contribution in [3.63, 3.8) is 0 Å². The van der Waals surface area contributed by atoms with E-state index in [1.807, 2.05) is 4.90 Å². The molecular formula is C12H12F3N9. The number of H-pyrrole nitrogens is 1. The summed E-state index contributed by atoms with van der Waals surface area (Å²) in [6, 6.07) is 1.01. The van der Waals surface area contributed by atoms with Gasteiger partial charge in [0.25, 0.3) is 5.78 Å². The zero-order valence-electron chi connectivity index (χ0n) is 12.3. The summed E-state index contributed by atoms with van der Waals surface area (Å²) in [6.07, 6.45) is -1.91. The number of aromatic nitrogens is 8. The lowest BCUT2D eigenvalue weighted by Crippen LogP contribution is -2.24. The van der Waals surface area contributed by atoms with E-state index in [-0.39, 0.29) is 11.7 Å². The standard InChI is InChI=1S/C12H12F3N9/c13-12(14,15)8-4-10(24-11(18-8)16-6-17-24)23-2-1-7(5-23)3-9-19-21-22-20-9/h4,6-7H,1-3,5H2,(H,19,20,21,22). The van der Waals surface area contributed by atoms with Gasteiger partial charge in [-0.3, -0.25) is 0 Å². The number of halogens is 3. The number of hydrogen-bond donors (Lipinski definition) is 1. The van der Waals surface area contributed by atoms with Crippen molar-refractivity contribution in [1.29, 1.82) is 0 Å². The summed E-state index contributed by atoms with van der Waals surface area (Å²) in [7, 11) is 0. The Labute approximate surface area is 132 Å². The molecule has 0 saturated carbocycles. The highest BCUT2D eigenvalue weighted by Gasteiger charge is 2.35. The lowest BCUT2D eigenvalue weighted by atomic mass is 10.1. The molecule has 0 bridgehead atoms. The van der Waals surface area contributed by atoms with Crippen LogP contribution in [-0.2, 0) is 12.6 Å². The second-order valence-electron chi connectivity index (χ2n) is 5.60. The molecule has 9 nitrogen and oxygen atoms in total. The van der Waals surface area contributed by atoms with Gasteiger partial charge in [-0.25, -0.2) is 4.98 Å². The van der Waals surface area contributed by atoms with Crippen LogP contribution in [0.25, 0.3) is 5.78 Å². The number of nitrogens with one attached hydrogen (secondary N) is 1. The van der Waals surface area contributed by atoms with Crippen molar-refractivity contribution in [3.05, 3.63) is 23.9 Å². The first kappa shape index (κ1) is 14.8. The maximum absolute atomic E-state index is 13.1. The van der Waals surface area contributed by atoms with Gasteiger partial charge < -0.3 is 4.90 Å². The van der Waals surface area contributed by atoms with Crippen LogP contribution >= 0.6 is 0 Å². The van der Waals surface area contributed by atoms with Gasteiger partial charge >= 0.3 is 6.18 Å². The van der Waals surface area contributed by atoms with Crippen LogP contribution in [0.3, 0.4) is 0 Å². The van der Waals surface area contributed by atoms with Crippen LogP contribution in [0.15, 0.2) is 12.4 Å². The third-order valence-electron chi connectivity index (χ3n) is 3.99. The monoisotopic (exact) mass is 339 g/mol. The minimum absolute atomic E-state index is 0.0681. The summed E-state index contributed by atoms with van der Waals surface area (Å²) >= 11 is 0. The van der Waals surface area contributed by atoms with Crippen molar-refractivity contribution in [2.45, 2.75) is 19.0 Å². The second-order valence-corrected chi connectivity index (χ2v) is 5.60. The summed E-state index contributed by atoms with van der Waals surface area (Å²) in [5.41, 5.74) is -0.973. The van der Waals surface area contributed by atoms with Crippen molar-refractivity contribution in [3.8, 4) is 0 Å². The first-order valence-electron chi connectivity index (χ1n) is 7.26. The summed E-state index contributed by atoms with van der Waals surface area (Å²) in [6.45, 7) is 1.18. The molecule has 1 aliphatic rings. The van der Waals surface area contributed by atoms with Gasteiger partial charge in [0, 0.05) is 25.6 Å². The molecule has 0 amide bonds. The highest BCUT2D eigenvalue weighted by molar-refractivity contribution is 5.48. The van der Waals surface area contributed by atoms with E-state index in [2.05, 4.69) is 35.7 Å². The number of nitrogens with zero attached hydrogens (tertiary/aromatic N) is 8. The Morgan fingerprint density at radius 1 is 1.33 bits per heavy atom. The fraction of sp³-hybridized carbons (Fsp3) is 0.500. The molecule has 3 aromatic heterocycles. The zero-order chi connectivity index (χ0) is 16.7. The van der Waals surface area contributed by atoms with E-state index in [0.717, 1.165) is 12.5 Å². The number of rotatable bonds is 3. The van der Waals surface area contributed by atoms with Crippen LogP contribution < -0.4 is 4.90 Å². The van der Waals surface area contributed by atoms with Crippen LogP contribution in [0.2, 0.25) is 0 Å². The predicted molar refractivity (Wildman–Crippen MR) is 74.0 cm³/mol. The number of aromatic amines is 1. The van der Waals surface area contributed by atoms with Gasteiger partial charge in [-0.05, 0) is 12.3 Å². The Kier molecular flexibility index (Phi) is 3.32. The largest absolute Gasteiger partial charge is 0.433 e. The maximum atomic E-state index is 13.1. The molecule has 24 heavy (non-hydrogen) atoms. The smallest absolute Gasteiger partial charge is 0.356 e. The Morgan fingerprint density at radius 3 is 2.96 bits per heavy atom. The Morgan fingerprint density at radius 2 is 2.21 bits per heavy atom. The van der Waals surface area contributed by atoms with Crippen molar-refractivity contribution in [2.75, 3.05) is 18.0 Å². The number of anilines is 1. The zero-order valence-corrected chi connectivity index (χ0v) is 12.3. The Hall–Kier alpha value is -2.79. The molecule has 1 N–H and O–H groups in total. The molecular weight excluding hydrogens is 327 g/mol. The third-order valence-corrected chi connectivity index (χ3v) is 3.99. The minimum Gasteiger partial charge on any atom is -0.356 e. The summed E-state index contributed by atoms with van der Waals surface area (Å²) in [5.74, 6) is 1.09. The highest BCUT2D eigenvalue weighted by atomic mass is 19.4. The van der Waals surface area contributed by atoms with Gasteiger partial charge in [-0.15, -0.1) is 10.2 Å². The SMILES string of the molecule is FC(F)(F)c1cc(N2CCC(Cc3nn[nH]n3)C2)n2ncnc2n1. The van der Waals surface area contributed by atoms with E-state index in [1.54, 1.807) is 0 Å². The molecule has 0 radical (unpaired) electrons. The van der Waals surface area contributed by atoms with Crippen molar-refractivity contribution in [2.24, 2.45) is 5.92 Å². The average Bonchev–Trinajstić information content (AvgIpc) is 3.27. The van der Waals surface area contributed by atoms with E-state index >= 15 is 0 Å². The Balaban J connectivity index is 1.63. The highest BCUT2D eigenvalue weighted by Crippen LogP contribution is 2.32. The van der Waals surface area contributed by atoms with Crippen LogP contribution in [0.5, 0.6) is 0 Å². The molecule has 1 aliphatic heterocycles. The number of tetrazole rings is 1. The van der Waals surface area contributed by atoms with E-state index in [4.69, 9.17) is 0 Å².